The Kier molecular flexibility index (Phi) is 5.39. The quantitative estimate of drug-likeness (QED) is 0.374. The Morgan fingerprint density at radius 2 is 1.36 bits per heavy atom. The summed E-state index contributed by atoms with van der Waals surface area (Å²) in [6.45, 7) is 0.0760. The van der Waals surface area contributed by atoms with Crippen LogP contribution in [0.15, 0.2) is 101 Å². The summed E-state index contributed by atoms with van der Waals surface area (Å²) in [7, 11) is 0. The summed E-state index contributed by atoms with van der Waals surface area (Å²) in [5.41, 5.74) is 3.53. The van der Waals surface area contributed by atoms with Gasteiger partial charge in [0.15, 0.2) is 6.61 Å². The molecule has 6 heteroatoms. The van der Waals surface area contributed by atoms with Crippen molar-refractivity contribution in [3.8, 4) is 0 Å². The molecule has 0 fully saturated rings. The van der Waals surface area contributed by atoms with Crippen molar-refractivity contribution in [2.24, 2.45) is 5.16 Å². The molecule has 0 aliphatic heterocycles. The lowest BCUT2D eigenvalue weighted by atomic mass is 10.0. The summed E-state index contributed by atoms with van der Waals surface area (Å²) in [6, 6.07) is 29.7. The molecule has 3 aromatic carbocycles. The predicted octanol–water partition coefficient (Wildman–Crippen LogP) is 4.78. The lowest BCUT2D eigenvalue weighted by Gasteiger charge is -2.06. The molecule has 0 spiro atoms. The van der Waals surface area contributed by atoms with Crippen LogP contribution in [0.25, 0.3) is 0 Å². The van der Waals surface area contributed by atoms with Crippen LogP contribution in [0.2, 0.25) is 0 Å². The highest BCUT2D eigenvalue weighted by Gasteiger charge is 2.09. The summed E-state index contributed by atoms with van der Waals surface area (Å²) in [5.74, 6) is 0.336. The van der Waals surface area contributed by atoms with Gasteiger partial charge in [-0.05, 0) is 12.1 Å². The van der Waals surface area contributed by atoms with Crippen LogP contribution in [0, 0.1) is 0 Å². The van der Waals surface area contributed by atoms with Crippen molar-refractivity contribution in [3.05, 3.63) is 108 Å². The van der Waals surface area contributed by atoms with Crippen molar-refractivity contribution < 1.29 is 9.25 Å². The van der Waals surface area contributed by atoms with E-state index in [2.05, 4.69) is 20.7 Å². The van der Waals surface area contributed by atoms with Crippen LogP contribution in [0.3, 0.4) is 0 Å². The van der Waals surface area contributed by atoms with E-state index in [1.165, 1.54) is 0 Å². The number of nitrogens with zero attached hydrogens (tertiary/aromatic N) is 3. The van der Waals surface area contributed by atoms with Crippen molar-refractivity contribution in [3.63, 3.8) is 0 Å². The van der Waals surface area contributed by atoms with E-state index < -0.39 is 0 Å². The maximum absolute atomic E-state index is 5.55. The first-order valence-corrected chi connectivity index (χ1v) is 8.84. The largest absolute Gasteiger partial charge is 0.404 e. The van der Waals surface area contributed by atoms with Crippen LogP contribution in [0.1, 0.15) is 17.0 Å². The number of rotatable bonds is 7. The van der Waals surface area contributed by atoms with E-state index in [0.29, 0.717) is 11.9 Å². The van der Waals surface area contributed by atoms with E-state index in [9.17, 15) is 0 Å². The van der Waals surface area contributed by atoms with Crippen LogP contribution in [0.5, 0.6) is 0 Å². The molecule has 0 bridgehead atoms. The molecule has 1 aromatic heterocycles. The van der Waals surface area contributed by atoms with Gasteiger partial charge in [-0.25, -0.2) is 0 Å². The number of hydrogen-bond acceptors (Lipinski definition) is 6. The van der Waals surface area contributed by atoms with E-state index in [1.807, 2.05) is 91.0 Å². The molecule has 0 aliphatic rings. The van der Waals surface area contributed by atoms with Crippen molar-refractivity contribution in [1.82, 2.24) is 10.2 Å². The van der Waals surface area contributed by atoms with Crippen LogP contribution >= 0.6 is 0 Å². The zero-order chi connectivity index (χ0) is 19.0. The predicted molar refractivity (Wildman–Crippen MR) is 107 cm³/mol. The Balaban J connectivity index is 1.46. The van der Waals surface area contributed by atoms with Gasteiger partial charge in [-0.1, -0.05) is 89.1 Å². The molecular formula is C22H18N4O2. The Morgan fingerprint density at radius 3 is 1.96 bits per heavy atom. The number of oxime groups is 1. The lowest BCUT2D eigenvalue weighted by Crippen LogP contribution is -2.04. The van der Waals surface area contributed by atoms with Gasteiger partial charge in [0.2, 0.25) is 0 Å². The van der Waals surface area contributed by atoms with Crippen molar-refractivity contribution in [2.45, 2.75) is 6.61 Å². The first-order chi connectivity index (χ1) is 13.9. The average Bonchev–Trinajstić information content (AvgIpc) is 3.20. The van der Waals surface area contributed by atoms with Crippen LogP contribution in [0.4, 0.5) is 11.7 Å². The van der Waals surface area contributed by atoms with Gasteiger partial charge in [0.05, 0.1) is 0 Å². The Morgan fingerprint density at radius 1 is 0.786 bits per heavy atom. The summed E-state index contributed by atoms with van der Waals surface area (Å²) in [4.78, 5) is 5.52. The molecule has 0 atom stereocenters. The number of hydrogen-bond donors (Lipinski definition) is 1. The maximum Gasteiger partial charge on any atom is 0.320 e. The number of aromatic nitrogens is 2. The van der Waals surface area contributed by atoms with Crippen LogP contribution in [-0.2, 0) is 11.4 Å². The van der Waals surface area contributed by atoms with E-state index in [-0.39, 0.29) is 6.61 Å². The highest BCUT2D eigenvalue weighted by molar-refractivity contribution is 6.12. The molecule has 0 saturated heterocycles. The molecule has 0 radical (unpaired) electrons. The van der Waals surface area contributed by atoms with Gasteiger partial charge in [-0.15, -0.1) is 5.10 Å². The average molecular weight is 370 g/mol. The SMILES string of the molecule is c1ccc(Nc2nnc(CON=C(c3ccccc3)c3ccccc3)o2)cc1. The normalized spacial score (nSPS) is 10.3. The molecule has 4 aromatic rings. The molecule has 0 unspecified atom stereocenters. The van der Waals surface area contributed by atoms with Gasteiger partial charge in [0.1, 0.15) is 5.71 Å². The monoisotopic (exact) mass is 370 g/mol. The van der Waals surface area contributed by atoms with Gasteiger partial charge in [0, 0.05) is 16.8 Å². The van der Waals surface area contributed by atoms with E-state index in [4.69, 9.17) is 9.25 Å². The fourth-order valence-electron chi connectivity index (χ4n) is 2.62. The standard InChI is InChI=1S/C22H18N4O2/c1-4-10-17(11-5-1)21(18-12-6-2-7-13-18)26-27-16-20-24-25-22(28-20)23-19-14-8-3-9-15-19/h1-15H,16H2,(H,23,25). The Hall–Kier alpha value is -3.93. The lowest BCUT2D eigenvalue weighted by molar-refractivity contribution is 0.111. The van der Waals surface area contributed by atoms with Gasteiger partial charge in [-0.2, -0.15) is 0 Å². The van der Waals surface area contributed by atoms with E-state index >= 15 is 0 Å². The molecular weight excluding hydrogens is 352 g/mol. The third kappa shape index (κ3) is 4.42. The second-order valence-electron chi connectivity index (χ2n) is 5.94. The Labute approximate surface area is 162 Å². The van der Waals surface area contributed by atoms with Crippen molar-refractivity contribution >= 4 is 17.4 Å². The molecule has 28 heavy (non-hydrogen) atoms. The topological polar surface area (TPSA) is 72.5 Å². The first kappa shape index (κ1) is 17.5. The fraction of sp³-hybridized carbons (Fsp3) is 0.0455. The molecule has 0 saturated carbocycles. The van der Waals surface area contributed by atoms with Crippen LogP contribution in [-0.4, -0.2) is 15.9 Å². The number of nitrogens with one attached hydrogen (secondary N) is 1. The van der Waals surface area contributed by atoms with Crippen molar-refractivity contribution in [2.75, 3.05) is 5.32 Å². The summed E-state index contributed by atoms with van der Waals surface area (Å²) >= 11 is 0. The third-order valence-electron chi connectivity index (χ3n) is 3.93. The smallest absolute Gasteiger partial charge is 0.320 e. The van der Waals surface area contributed by atoms with Gasteiger partial charge < -0.3 is 14.6 Å². The molecule has 1 heterocycles. The molecule has 0 aliphatic carbocycles. The summed E-state index contributed by atoms with van der Waals surface area (Å²) in [6.07, 6.45) is 0. The van der Waals surface area contributed by atoms with E-state index in [1.54, 1.807) is 0 Å². The minimum absolute atomic E-state index is 0.0760. The number of para-hydroxylation sites is 1. The fourth-order valence-corrected chi connectivity index (χ4v) is 2.62. The second kappa shape index (κ2) is 8.64. The molecule has 1 N–H and O–H groups in total. The molecule has 6 nitrogen and oxygen atoms in total. The first-order valence-electron chi connectivity index (χ1n) is 8.84. The molecule has 138 valence electrons. The third-order valence-corrected chi connectivity index (χ3v) is 3.93. The van der Waals surface area contributed by atoms with Gasteiger partial charge >= 0.3 is 6.01 Å². The van der Waals surface area contributed by atoms with E-state index in [0.717, 1.165) is 22.5 Å². The zero-order valence-electron chi connectivity index (χ0n) is 15.0. The number of benzene rings is 3. The highest BCUT2D eigenvalue weighted by atomic mass is 16.6. The summed E-state index contributed by atoms with van der Waals surface area (Å²) < 4.78 is 5.55. The zero-order valence-corrected chi connectivity index (χ0v) is 15.0. The van der Waals surface area contributed by atoms with Gasteiger partial charge in [-0.3, -0.25) is 0 Å². The van der Waals surface area contributed by atoms with Crippen molar-refractivity contribution in [1.29, 1.82) is 0 Å². The molecule has 0 amide bonds. The second-order valence-corrected chi connectivity index (χ2v) is 5.94. The summed E-state index contributed by atoms with van der Waals surface area (Å²) in [5, 5.41) is 15.3. The highest BCUT2D eigenvalue weighted by Crippen LogP contribution is 2.15. The number of anilines is 2. The molecule has 4 rings (SSSR count). The van der Waals surface area contributed by atoms with Gasteiger partial charge in [0.25, 0.3) is 5.89 Å². The maximum atomic E-state index is 5.55. The minimum atomic E-state index is 0.0760. The van der Waals surface area contributed by atoms with Crippen LogP contribution < -0.4 is 5.32 Å². The minimum Gasteiger partial charge on any atom is -0.404 e. The Bertz CT molecular complexity index is 990.